The first-order valence-corrected chi connectivity index (χ1v) is 6.92. The molecule has 1 saturated heterocycles. The Labute approximate surface area is 122 Å². The molecule has 0 unspecified atom stereocenters. The third-order valence-corrected chi connectivity index (χ3v) is 3.37. The van der Waals surface area contributed by atoms with Crippen LogP contribution in [-0.4, -0.2) is 71.2 Å². The van der Waals surface area contributed by atoms with Crippen molar-refractivity contribution < 1.29 is 19.2 Å². The molecule has 1 aromatic rings. The van der Waals surface area contributed by atoms with Gasteiger partial charge in [-0.3, -0.25) is 14.5 Å². The van der Waals surface area contributed by atoms with Crippen LogP contribution in [0.1, 0.15) is 12.2 Å². The van der Waals surface area contributed by atoms with Gasteiger partial charge in [0.25, 0.3) is 0 Å². The molecule has 0 aliphatic carbocycles. The van der Waals surface area contributed by atoms with Crippen molar-refractivity contribution in [3.8, 4) is 0 Å². The predicted molar refractivity (Wildman–Crippen MR) is 75.0 cm³/mol. The van der Waals surface area contributed by atoms with E-state index in [0.29, 0.717) is 24.7 Å². The van der Waals surface area contributed by atoms with Gasteiger partial charge >= 0.3 is 5.97 Å². The monoisotopic (exact) mass is 296 g/mol. The van der Waals surface area contributed by atoms with E-state index in [4.69, 9.17) is 9.63 Å². The van der Waals surface area contributed by atoms with E-state index < -0.39 is 5.97 Å². The smallest absolute Gasteiger partial charge is 0.304 e. The normalized spacial score (nSPS) is 16.8. The molecule has 1 amide bonds. The van der Waals surface area contributed by atoms with Gasteiger partial charge in [0.05, 0.1) is 13.0 Å². The fourth-order valence-electron chi connectivity index (χ4n) is 2.24. The summed E-state index contributed by atoms with van der Waals surface area (Å²) in [5.41, 5.74) is 0. The summed E-state index contributed by atoms with van der Waals surface area (Å²) in [5.74, 6) is 0.178. The van der Waals surface area contributed by atoms with E-state index in [2.05, 4.69) is 15.4 Å². The van der Waals surface area contributed by atoms with Crippen LogP contribution in [0.5, 0.6) is 0 Å². The highest BCUT2D eigenvalue weighted by Crippen LogP contribution is 2.07. The van der Waals surface area contributed by atoms with Crippen LogP contribution in [0.4, 0.5) is 5.82 Å². The highest BCUT2D eigenvalue weighted by atomic mass is 16.5. The molecule has 1 aromatic heterocycles. The average Bonchev–Trinajstić information content (AvgIpc) is 2.83. The van der Waals surface area contributed by atoms with E-state index >= 15 is 0 Å². The molecule has 0 radical (unpaired) electrons. The van der Waals surface area contributed by atoms with Gasteiger partial charge in [-0.2, -0.15) is 0 Å². The lowest BCUT2D eigenvalue weighted by molar-refractivity contribution is -0.137. The fraction of sp³-hybridized carbons (Fsp3) is 0.615. The summed E-state index contributed by atoms with van der Waals surface area (Å²) >= 11 is 0. The largest absolute Gasteiger partial charge is 0.481 e. The highest BCUT2D eigenvalue weighted by molar-refractivity contribution is 5.91. The molecule has 2 N–H and O–H groups in total. The van der Waals surface area contributed by atoms with Crippen molar-refractivity contribution in [2.45, 2.75) is 13.3 Å². The number of aliphatic carboxylic acids is 1. The third kappa shape index (κ3) is 5.16. The van der Waals surface area contributed by atoms with Gasteiger partial charge in [0.1, 0.15) is 5.76 Å². The van der Waals surface area contributed by atoms with Crippen molar-refractivity contribution >= 4 is 17.7 Å². The number of rotatable bonds is 6. The van der Waals surface area contributed by atoms with Crippen molar-refractivity contribution in [1.29, 1.82) is 0 Å². The number of aryl methyl sites for hydroxylation is 1. The van der Waals surface area contributed by atoms with Crippen LogP contribution in [0.3, 0.4) is 0 Å². The fourth-order valence-corrected chi connectivity index (χ4v) is 2.24. The molecule has 0 saturated carbocycles. The summed E-state index contributed by atoms with van der Waals surface area (Å²) < 4.78 is 4.88. The maximum absolute atomic E-state index is 11.9. The first kappa shape index (κ1) is 15.5. The summed E-state index contributed by atoms with van der Waals surface area (Å²) in [4.78, 5) is 26.5. The summed E-state index contributed by atoms with van der Waals surface area (Å²) in [5, 5.41) is 15.1. The van der Waals surface area contributed by atoms with Gasteiger partial charge in [-0.05, 0) is 6.92 Å². The van der Waals surface area contributed by atoms with Crippen molar-refractivity contribution in [2.24, 2.45) is 0 Å². The second kappa shape index (κ2) is 7.19. The third-order valence-electron chi connectivity index (χ3n) is 3.37. The Morgan fingerprint density at radius 3 is 2.57 bits per heavy atom. The average molecular weight is 296 g/mol. The highest BCUT2D eigenvalue weighted by Gasteiger charge is 2.19. The number of anilines is 1. The van der Waals surface area contributed by atoms with E-state index in [-0.39, 0.29) is 12.3 Å². The summed E-state index contributed by atoms with van der Waals surface area (Å²) in [7, 11) is 0. The lowest BCUT2D eigenvalue weighted by atomic mass is 10.3. The number of carboxylic acid groups (broad SMARTS) is 1. The molecule has 2 rings (SSSR count). The maximum atomic E-state index is 11.9. The Morgan fingerprint density at radius 2 is 2.00 bits per heavy atom. The molecule has 8 nitrogen and oxygen atoms in total. The second-order valence-electron chi connectivity index (χ2n) is 5.13. The zero-order valence-electron chi connectivity index (χ0n) is 12.0. The van der Waals surface area contributed by atoms with Gasteiger partial charge in [0.2, 0.25) is 5.91 Å². The first-order chi connectivity index (χ1) is 10.0. The number of piperazine rings is 1. The maximum Gasteiger partial charge on any atom is 0.304 e. The molecule has 1 fully saturated rings. The molecule has 0 bridgehead atoms. The molecule has 116 valence electrons. The van der Waals surface area contributed by atoms with E-state index in [9.17, 15) is 9.59 Å². The van der Waals surface area contributed by atoms with E-state index in [1.807, 2.05) is 4.90 Å². The van der Waals surface area contributed by atoms with Gasteiger partial charge < -0.3 is 19.8 Å². The minimum Gasteiger partial charge on any atom is -0.481 e. The summed E-state index contributed by atoms with van der Waals surface area (Å²) in [6.07, 6.45) is 0.159. The van der Waals surface area contributed by atoms with Crippen LogP contribution in [0.15, 0.2) is 10.6 Å². The summed E-state index contributed by atoms with van der Waals surface area (Å²) in [6.45, 7) is 5.70. The van der Waals surface area contributed by atoms with Gasteiger partial charge in [-0.15, -0.1) is 0 Å². The molecule has 0 spiro atoms. The number of aromatic nitrogens is 1. The zero-order chi connectivity index (χ0) is 15.2. The number of carboxylic acids is 1. The number of carbonyl (C=O) groups excluding carboxylic acids is 1. The molecule has 0 aromatic carbocycles. The van der Waals surface area contributed by atoms with Gasteiger partial charge in [-0.25, -0.2) is 0 Å². The minimum absolute atomic E-state index is 0.123. The number of nitrogens with one attached hydrogen (secondary N) is 1. The van der Waals surface area contributed by atoms with Crippen molar-refractivity contribution in [2.75, 3.05) is 44.6 Å². The number of carbonyl (C=O) groups is 2. The second-order valence-corrected chi connectivity index (χ2v) is 5.13. The first-order valence-electron chi connectivity index (χ1n) is 6.92. The topological polar surface area (TPSA) is 98.9 Å². The Hall–Kier alpha value is -1.93. The van der Waals surface area contributed by atoms with Gasteiger partial charge in [0.15, 0.2) is 5.82 Å². The van der Waals surface area contributed by atoms with Crippen molar-refractivity contribution in [3.05, 3.63) is 11.8 Å². The Bertz CT molecular complexity index is 494. The van der Waals surface area contributed by atoms with Crippen LogP contribution in [0, 0.1) is 6.92 Å². The van der Waals surface area contributed by atoms with Crippen LogP contribution < -0.4 is 5.32 Å². The molecule has 0 atom stereocenters. The Morgan fingerprint density at radius 1 is 1.33 bits per heavy atom. The number of amides is 1. The number of hydrogen-bond acceptors (Lipinski definition) is 6. The van der Waals surface area contributed by atoms with Gasteiger partial charge in [-0.1, -0.05) is 5.16 Å². The molecule has 21 heavy (non-hydrogen) atoms. The minimum atomic E-state index is -0.778. The lowest BCUT2D eigenvalue weighted by Crippen LogP contribution is -2.48. The van der Waals surface area contributed by atoms with Crippen LogP contribution in [-0.2, 0) is 9.59 Å². The molecular weight excluding hydrogens is 276 g/mol. The van der Waals surface area contributed by atoms with Crippen LogP contribution in [0.25, 0.3) is 0 Å². The number of nitrogens with zero attached hydrogens (tertiary/aromatic N) is 3. The van der Waals surface area contributed by atoms with Gasteiger partial charge in [0, 0.05) is 38.8 Å². The summed E-state index contributed by atoms with van der Waals surface area (Å²) in [6, 6.07) is 1.67. The van der Waals surface area contributed by atoms with E-state index in [0.717, 1.165) is 26.2 Å². The van der Waals surface area contributed by atoms with Crippen LogP contribution >= 0.6 is 0 Å². The molecule has 2 heterocycles. The predicted octanol–water partition coefficient (Wildman–Crippen LogP) is 0.0138. The number of hydrogen-bond donors (Lipinski definition) is 2. The quantitative estimate of drug-likeness (QED) is 0.763. The Kier molecular flexibility index (Phi) is 5.29. The van der Waals surface area contributed by atoms with E-state index in [1.54, 1.807) is 13.0 Å². The van der Waals surface area contributed by atoms with Crippen LogP contribution in [0.2, 0.25) is 0 Å². The zero-order valence-corrected chi connectivity index (χ0v) is 12.0. The van der Waals surface area contributed by atoms with Crippen molar-refractivity contribution in [3.63, 3.8) is 0 Å². The molecule has 1 aliphatic rings. The molecule has 1 aliphatic heterocycles. The van der Waals surface area contributed by atoms with Crippen molar-refractivity contribution in [1.82, 2.24) is 15.0 Å². The molecule has 8 heteroatoms. The molecular formula is C13H20N4O4. The SMILES string of the molecule is Cc1cc(NC(=O)CN2CCN(CCC(=O)O)CC2)no1. The van der Waals surface area contributed by atoms with E-state index in [1.165, 1.54) is 0 Å². The standard InChI is InChI=1S/C13H20N4O4/c1-10-8-11(15-21-10)14-12(18)9-17-6-4-16(5-7-17)3-2-13(19)20/h8H,2-7,9H2,1H3,(H,19,20)(H,14,15,18). The lowest BCUT2D eigenvalue weighted by Gasteiger charge is -2.33. The Balaban J connectivity index is 1.68.